The Morgan fingerprint density at radius 1 is 0.759 bits per heavy atom. The lowest BCUT2D eigenvalue weighted by Gasteiger charge is -2.36. The fraction of sp³-hybridized carbons (Fsp3) is 0.364. The predicted molar refractivity (Wildman–Crippen MR) is 106 cm³/mol. The third-order valence-electron chi connectivity index (χ3n) is 5.70. The van der Waals surface area contributed by atoms with E-state index < -0.39 is 0 Å². The van der Waals surface area contributed by atoms with Gasteiger partial charge in [-0.15, -0.1) is 0 Å². The highest BCUT2D eigenvalue weighted by molar-refractivity contribution is 6.21. The van der Waals surface area contributed by atoms with Crippen molar-refractivity contribution in [2.24, 2.45) is 0 Å². The SMILES string of the molecule is O=C1c2ccccc2C(=O)N1CN1CCN(Cc2ccc3c(c2)OCCO3)CC1. The fourth-order valence-electron chi connectivity index (χ4n) is 4.10. The molecule has 1 saturated heterocycles. The van der Waals surface area contributed by atoms with Crippen molar-refractivity contribution in [3.05, 3.63) is 59.2 Å². The van der Waals surface area contributed by atoms with E-state index >= 15 is 0 Å². The normalized spacial score (nSPS) is 19.5. The highest BCUT2D eigenvalue weighted by Crippen LogP contribution is 2.31. The molecule has 5 rings (SSSR count). The summed E-state index contributed by atoms with van der Waals surface area (Å²) < 4.78 is 11.3. The van der Waals surface area contributed by atoms with Crippen LogP contribution in [0.2, 0.25) is 0 Å². The number of nitrogens with zero attached hydrogens (tertiary/aromatic N) is 3. The number of fused-ring (bicyclic) bond motifs is 2. The minimum absolute atomic E-state index is 0.190. The number of carbonyl (C=O) groups excluding carboxylic acids is 2. The van der Waals surface area contributed by atoms with Gasteiger partial charge in [0.25, 0.3) is 11.8 Å². The molecule has 2 amide bonds. The summed E-state index contributed by atoms with van der Waals surface area (Å²) in [7, 11) is 0. The molecule has 2 aromatic rings. The zero-order valence-corrected chi connectivity index (χ0v) is 16.2. The van der Waals surface area contributed by atoms with Crippen LogP contribution < -0.4 is 9.47 Å². The molecule has 0 aliphatic carbocycles. The van der Waals surface area contributed by atoms with Gasteiger partial charge < -0.3 is 9.47 Å². The first-order chi connectivity index (χ1) is 14.2. The van der Waals surface area contributed by atoms with Crippen molar-refractivity contribution in [1.29, 1.82) is 0 Å². The molecule has 0 N–H and O–H groups in total. The Morgan fingerprint density at radius 2 is 1.38 bits per heavy atom. The van der Waals surface area contributed by atoms with Crippen molar-refractivity contribution >= 4 is 11.8 Å². The Morgan fingerprint density at radius 3 is 2.07 bits per heavy atom. The Balaban J connectivity index is 1.16. The number of piperazine rings is 1. The summed E-state index contributed by atoms with van der Waals surface area (Å²) in [5.74, 6) is 1.25. The first kappa shape index (κ1) is 18.1. The third kappa shape index (κ3) is 3.47. The lowest BCUT2D eigenvalue weighted by molar-refractivity contribution is 0.0447. The standard InChI is InChI=1S/C22H23N3O4/c26-21-17-3-1-2-4-18(17)22(27)25(21)15-24-9-7-23(8-10-24)14-16-5-6-19-20(13-16)29-12-11-28-19/h1-6,13H,7-12,14-15H2. The quantitative estimate of drug-likeness (QED) is 0.739. The van der Waals surface area contributed by atoms with E-state index in [1.54, 1.807) is 24.3 Å². The number of amides is 2. The molecule has 0 aromatic heterocycles. The number of benzene rings is 2. The summed E-state index contributed by atoms with van der Waals surface area (Å²) in [4.78, 5) is 31.0. The first-order valence-electron chi connectivity index (χ1n) is 9.97. The van der Waals surface area contributed by atoms with Crippen molar-refractivity contribution in [3.8, 4) is 11.5 Å². The van der Waals surface area contributed by atoms with Gasteiger partial charge in [0.15, 0.2) is 11.5 Å². The summed E-state index contributed by atoms with van der Waals surface area (Å²) in [5.41, 5.74) is 2.22. The zero-order chi connectivity index (χ0) is 19.8. The van der Waals surface area contributed by atoms with Crippen LogP contribution in [0.15, 0.2) is 42.5 Å². The molecule has 7 nitrogen and oxygen atoms in total. The topological polar surface area (TPSA) is 62.3 Å². The second-order valence-electron chi connectivity index (χ2n) is 7.60. The number of ether oxygens (including phenoxy) is 2. The first-order valence-corrected chi connectivity index (χ1v) is 9.97. The highest BCUT2D eigenvalue weighted by atomic mass is 16.6. The van der Waals surface area contributed by atoms with Crippen molar-refractivity contribution < 1.29 is 19.1 Å². The number of hydrogen-bond acceptors (Lipinski definition) is 6. The van der Waals surface area contributed by atoms with Gasteiger partial charge in [0.05, 0.1) is 17.8 Å². The minimum atomic E-state index is -0.190. The summed E-state index contributed by atoms with van der Waals surface area (Å²) >= 11 is 0. The maximum atomic E-state index is 12.5. The molecule has 3 heterocycles. The minimum Gasteiger partial charge on any atom is -0.486 e. The smallest absolute Gasteiger partial charge is 0.262 e. The molecule has 29 heavy (non-hydrogen) atoms. The van der Waals surface area contributed by atoms with Gasteiger partial charge in [-0.1, -0.05) is 18.2 Å². The van der Waals surface area contributed by atoms with Gasteiger partial charge in [0.1, 0.15) is 13.2 Å². The van der Waals surface area contributed by atoms with Crippen LogP contribution in [0.25, 0.3) is 0 Å². The lowest BCUT2D eigenvalue weighted by Crippen LogP contribution is -2.50. The van der Waals surface area contributed by atoms with Gasteiger partial charge in [-0.25, -0.2) is 0 Å². The summed E-state index contributed by atoms with van der Waals surface area (Å²) in [6, 6.07) is 13.1. The van der Waals surface area contributed by atoms with Gasteiger partial charge in [0, 0.05) is 32.7 Å². The average Bonchev–Trinajstić information content (AvgIpc) is 3.00. The number of hydrogen-bond donors (Lipinski definition) is 0. The van der Waals surface area contributed by atoms with E-state index in [9.17, 15) is 9.59 Å². The Labute approximate surface area is 169 Å². The second-order valence-corrected chi connectivity index (χ2v) is 7.60. The van der Waals surface area contributed by atoms with E-state index in [2.05, 4.69) is 21.9 Å². The van der Waals surface area contributed by atoms with Crippen molar-refractivity contribution in [2.45, 2.75) is 6.54 Å². The Hall–Kier alpha value is -2.90. The molecule has 7 heteroatoms. The molecule has 0 spiro atoms. The molecule has 0 atom stereocenters. The number of rotatable bonds is 4. The van der Waals surface area contributed by atoms with Gasteiger partial charge in [-0.3, -0.25) is 24.3 Å². The van der Waals surface area contributed by atoms with Crippen LogP contribution in [0.3, 0.4) is 0 Å². The molecule has 0 bridgehead atoms. The van der Waals surface area contributed by atoms with E-state index in [4.69, 9.17) is 9.47 Å². The van der Waals surface area contributed by atoms with E-state index in [-0.39, 0.29) is 11.8 Å². The number of carbonyl (C=O) groups is 2. The van der Waals surface area contributed by atoms with Crippen LogP contribution >= 0.6 is 0 Å². The largest absolute Gasteiger partial charge is 0.486 e. The van der Waals surface area contributed by atoms with Crippen LogP contribution in [0.1, 0.15) is 26.3 Å². The molecule has 1 fully saturated rings. The Kier molecular flexibility index (Phi) is 4.69. The maximum absolute atomic E-state index is 12.5. The summed E-state index contributed by atoms with van der Waals surface area (Å²) in [6.07, 6.45) is 0. The second kappa shape index (κ2) is 7.50. The van der Waals surface area contributed by atoms with E-state index in [0.29, 0.717) is 31.0 Å². The van der Waals surface area contributed by atoms with Crippen LogP contribution in [0, 0.1) is 0 Å². The molecule has 150 valence electrons. The highest BCUT2D eigenvalue weighted by Gasteiger charge is 2.36. The van der Waals surface area contributed by atoms with Crippen LogP contribution in [-0.2, 0) is 6.54 Å². The van der Waals surface area contributed by atoms with Gasteiger partial charge in [-0.2, -0.15) is 0 Å². The molecule has 3 aliphatic heterocycles. The summed E-state index contributed by atoms with van der Waals surface area (Å²) in [5, 5.41) is 0. The molecule has 0 saturated carbocycles. The van der Waals surface area contributed by atoms with Crippen molar-refractivity contribution in [1.82, 2.24) is 14.7 Å². The third-order valence-corrected chi connectivity index (χ3v) is 5.70. The molecule has 0 unspecified atom stereocenters. The van der Waals surface area contributed by atoms with Gasteiger partial charge in [-0.05, 0) is 29.8 Å². The zero-order valence-electron chi connectivity index (χ0n) is 16.2. The van der Waals surface area contributed by atoms with Crippen LogP contribution in [0.4, 0.5) is 0 Å². The van der Waals surface area contributed by atoms with Gasteiger partial charge >= 0.3 is 0 Å². The van der Waals surface area contributed by atoms with Crippen LogP contribution in [-0.4, -0.2) is 72.6 Å². The van der Waals surface area contributed by atoms with E-state index in [0.717, 1.165) is 44.2 Å². The molecular formula is C22H23N3O4. The monoisotopic (exact) mass is 393 g/mol. The van der Waals surface area contributed by atoms with Crippen molar-refractivity contribution in [2.75, 3.05) is 46.1 Å². The lowest BCUT2D eigenvalue weighted by atomic mass is 10.1. The molecular weight excluding hydrogens is 370 g/mol. The fourth-order valence-corrected chi connectivity index (χ4v) is 4.10. The number of imide groups is 1. The molecule has 0 radical (unpaired) electrons. The maximum Gasteiger partial charge on any atom is 0.262 e. The average molecular weight is 393 g/mol. The van der Waals surface area contributed by atoms with Crippen LogP contribution in [0.5, 0.6) is 11.5 Å². The predicted octanol–water partition coefficient (Wildman–Crippen LogP) is 1.83. The van der Waals surface area contributed by atoms with Gasteiger partial charge in [0.2, 0.25) is 0 Å². The van der Waals surface area contributed by atoms with E-state index in [1.807, 2.05) is 6.07 Å². The molecule has 2 aromatic carbocycles. The van der Waals surface area contributed by atoms with Crippen molar-refractivity contribution in [3.63, 3.8) is 0 Å². The Bertz CT molecular complexity index is 918. The molecule has 3 aliphatic rings. The summed E-state index contributed by atoms with van der Waals surface area (Å²) in [6.45, 7) is 5.79. The van der Waals surface area contributed by atoms with E-state index in [1.165, 1.54) is 10.5 Å².